The highest BCUT2D eigenvalue weighted by Gasteiger charge is 2.30. The lowest BCUT2D eigenvalue weighted by atomic mass is 10.1. The predicted octanol–water partition coefficient (Wildman–Crippen LogP) is 3.38. The maximum absolute atomic E-state index is 12.4. The fourth-order valence-corrected chi connectivity index (χ4v) is 2.39. The third kappa shape index (κ3) is 5.28. The second kappa shape index (κ2) is 7.84. The molecule has 2 rings (SSSR count). The number of benzene rings is 1. The largest absolute Gasteiger partial charge is 0.417 e. The van der Waals surface area contributed by atoms with Crippen molar-refractivity contribution in [1.29, 1.82) is 5.26 Å². The van der Waals surface area contributed by atoms with Gasteiger partial charge < -0.3 is 5.32 Å². The van der Waals surface area contributed by atoms with Crippen LogP contribution in [0.15, 0.2) is 47.6 Å². The van der Waals surface area contributed by atoms with Crippen LogP contribution in [0.1, 0.15) is 16.7 Å². The zero-order valence-corrected chi connectivity index (χ0v) is 13.1. The molecule has 0 saturated heterocycles. The molecule has 0 fully saturated rings. The maximum Gasteiger partial charge on any atom is 0.417 e. The van der Waals surface area contributed by atoms with E-state index in [9.17, 15) is 18.0 Å². The minimum absolute atomic E-state index is 0.0502. The van der Waals surface area contributed by atoms with Crippen molar-refractivity contribution >= 4 is 17.7 Å². The quantitative estimate of drug-likeness (QED) is 0.839. The van der Waals surface area contributed by atoms with Gasteiger partial charge in [-0.05, 0) is 29.8 Å². The summed E-state index contributed by atoms with van der Waals surface area (Å²) in [5.41, 5.74) is 0.561. The van der Waals surface area contributed by atoms with E-state index in [1.807, 2.05) is 6.07 Å². The molecule has 0 spiro atoms. The fourth-order valence-electron chi connectivity index (χ4n) is 1.72. The number of amides is 1. The lowest BCUT2D eigenvalue weighted by Gasteiger charge is -2.07. The molecule has 0 radical (unpaired) electrons. The van der Waals surface area contributed by atoms with Crippen LogP contribution in [0.4, 0.5) is 13.2 Å². The average molecular weight is 351 g/mol. The summed E-state index contributed by atoms with van der Waals surface area (Å²) < 4.78 is 37.2. The van der Waals surface area contributed by atoms with Crippen molar-refractivity contribution in [2.24, 2.45) is 0 Å². The summed E-state index contributed by atoms with van der Waals surface area (Å²) in [4.78, 5) is 15.4. The monoisotopic (exact) mass is 351 g/mol. The minimum Gasteiger partial charge on any atom is -0.351 e. The van der Waals surface area contributed by atoms with E-state index in [0.29, 0.717) is 17.1 Å². The van der Waals surface area contributed by atoms with Gasteiger partial charge in [0.1, 0.15) is 0 Å². The van der Waals surface area contributed by atoms with E-state index in [2.05, 4.69) is 10.3 Å². The highest BCUT2D eigenvalue weighted by Crippen LogP contribution is 2.29. The Hall–Kier alpha value is -2.53. The lowest BCUT2D eigenvalue weighted by Crippen LogP contribution is -2.24. The summed E-state index contributed by atoms with van der Waals surface area (Å²) in [5.74, 6) is -0.208. The molecule has 124 valence electrons. The minimum atomic E-state index is -4.42. The molecule has 0 atom stereocenters. The molecule has 0 saturated carbocycles. The van der Waals surface area contributed by atoms with Gasteiger partial charge in [0.25, 0.3) is 0 Å². The van der Waals surface area contributed by atoms with E-state index in [-0.39, 0.29) is 11.7 Å². The van der Waals surface area contributed by atoms with Crippen LogP contribution in [0.3, 0.4) is 0 Å². The predicted molar refractivity (Wildman–Crippen MR) is 83.0 cm³/mol. The molecule has 0 aliphatic rings. The lowest BCUT2D eigenvalue weighted by molar-refractivity contribution is -0.137. The third-order valence-corrected chi connectivity index (χ3v) is 3.93. The molecule has 2 aromatic rings. The molecule has 0 aliphatic carbocycles. The molecular formula is C16H12F3N3OS. The number of alkyl halides is 3. The Kier molecular flexibility index (Phi) is 5.82. The van der Waals surface area contributed by atoms with Crippen LogP contribution in [0.5, 0.6) is 0 Å². The number of halogens is 3. The van der Waals surface area contributed by atoms with Crippen molar-refractivity contribution in [3.63, 3.8) is 0 Å². The number of rotatable bonds is 5. The van der Waals surface area contributed by atoms with Crippen molar-refractivity contribution in [2.45, 2.75) is 17.7 Å². The number of hydrogen-bond acceptors (Lipinski definition) is 4. The number of nitrogens with one attached hydrogen (secondary N) is 1. The number of aromatic nitrogens is 1. The topological polar surface area (TPSA) is 65.8 Å². The van der Waals surface area contributed by atoms with Gasteiger partial charge in [-0.15, -0.1) is 0 Å². The molecule has 0 aliphatic heterocycles. The van der Waals surface area contributed by atoms with Crippen LogP contribution in [0.2, 0.25) is 0 Å². The Balaban J connectivity index is 1.79. The van der Waals surface area contributed by atoms with Gasteiger partial charge in [-0.1, -0.05) is 23.9 Å². The molecule has 1 amide bonds. The first kappa shape index (κ1) is 17.8. The zero-order chi connectivity index (χ0) is 17.6. The Morgan fingerprint density at radius 1 is 1.21 bits per heavy atom. The molecule has 0 unspecified atom stereocenters. The smallest absolute Gasteiger partial charge is 0.351 e. The SMILES string of the molecule is N#Cc1ccc(CNC(=O)CSc2ccc(C(F)(F)F)cn2)cc1. The van der Waals surface area contributed by atoms with E-state index < -0.39 is 11.7 Å². The molecule has 4 nitrogen and oxygen atoms in total. The number of carbonyl (C=O) groups excluding carboxylic acids is 1. The Bertz CT molecular complexity index is 737. The number of nitriles is 1. The molecule has 1 aromatic heterocycles. The van der Waals surface area contributed by atoms with Crippen molar-refractivity contribution in [3.8, 4) is 6.07 Å². The summed E-state index contributed by atoms with van der Waals surface area (Å²) in [7, 11) is 0. The first-order chi connectivity index (χ1) is 11.4. The number of hydrogen-bond donors (Lipinski definition) is 1. The van der Waals surface area contributed by atoms with Crippen molar-refractivity contribution < 1.29 is 18.0 Å². The molecular weight excluding hydrogens is 339 g/mol. The standard InChI is InChI=1S/C16H12F3N3OS/c17-16(18,19)13-5-6-15(22-9-13)24-10-14(23)21-8-12-3-1-11(7-20)2-4-12/h1-6,9H,8,10H2,(H,21,23). The number of carbonyl (C=O) groups is 1. The van der Waals surface area contributed by atoms with Gasteiger partial charge in [-0.3, -0.25) is 4.79 Å². The van der Waals surface area contributed by atoms with Gasteiger partial charge in [0, 0.05) is 12.7 Å². The van der Waals surface area contributed by atoms with E-state index in [1.165, 1.54) is 6.07 Å². The first-order valence-electron chi connectivity index (χ1n) is 6.80. The third-order valence-electron chi connectivity index (χ3n) is 2.99. The number of thioether (sulfide) groups is 1. The Labute approximate surface area is 140 Å². The zero-order valence-electron chi connectivity index (χ0n) is 12.3. The maximum atomic E-state index is 12.4. The van der Waals surface area contributed by atoms with Gasteiger partial charge >= 0.3 is 6.18 Å². The molecule has 8 heteroatoms. The molecule has 1 N–H and O–H groups in total. The Morgan fingerprint density at radius 2 is 1.92 bits per heavy atom. The number of nitrogens with zero attached hydrogens (tertiary/aromatic N) is 2. The van der Waals surface area contributed by atoms with Gasteiger partial charge in [0.2, 0.25) is 5.91 Å². The van der Waals surface area contributed by atoms with E-state index in [1.54, 1.807) is 24.3 Å². The highest BCUT2D eigenvalue weighted by molar-refractivity contribution is 7.99. The summed E-state index contributed by atoms with van der Waals surface area (Å²) >= 11 is 1.06. The molecule has 1 aromatic carbocycles. The van der Waals surface area contributed by atoms with Gasteiger partial charge in [-0.25, -0.2) is 4.98 Å². The molecule has 0 bridgehead atoms. The van der Waals surface area contributed by atoms with Crippen molar-refractivity contribution in [1.82, 2.24) is 10.3 Å². The molecule has 24 heavy (non-hydrogen) atoms. The summed E-state index contributed by atoms with van der Waals surface area (Å²) in [5, 5.41) is 11.7. The van der Waals surface area contributed by atoms with Gasteiger partial charge in [0.05, 0.1) is 28.0 Å². The fraction of sp³-hybridized carbons (Fsp3) is 0.188. The van der Waals surface area contributed by atoms with Crippen molar-refractivity contribution in [2.75, 3.05) is 5.75 Å². The van der Waals surface area contributed by atoms with Crippen LogP contribution in [-0.4, -0.2) is 16.6 Å². The van der Waals surface area contributed by atoms with Gasteiger partial charge in [0.15, 0.2) is 0 Å². The van der Waals surface area contributed by atoms with Crippen LogP contribution in [-0.2, 0) is 17.5 Å². The average Bonchev–Trinajstić information content (AvgIpc) is 2.58. The molecule has 1 heterocycles. The second-order valence-corrected chi connectivity index (χ2v) is 5.75. The number of pyridine rings is 1. The van der Waals surface area contributed by atoms with Crippen LogP contribution < -0.4 is 5.32 Å². The summed E-state index contributed by atoms with van der Waals surface area (Å²) in [6.07, 6.45) is -3.67. The van der Waals surface area contributed by atoms with Crippen LogP contribution >= 0.6 is 11.8 Å². The van der Waals surface area contributed by atoms with Gasteiger partial charge in [-0.2, -0.15) is 18.4 Å². The normalized spacial score (nSPS) is 10.9. The summed E-state index contributed by atoms with van der Waals surface area (Å²) in [6.45, 7) is 0.311. The first-order valence-corrected chi connectivity index (χ1v) is 7.79. The van der Waals surface area contributed by atoms with E-state index in [4.69, 9.17) is 5.26 Å². The van der Waals surface area contributed by atoms with Crippen LogP contribution in [0, 0.1) is 11.3 Å². The summed E-state index contributed by atoms with van der Waals surface area (Å²) in [6, 6.07) is 11.0. The van der Waals surface area contributed by atoms with Crippen LogP contribution in [0.25, 0.3) is 0 Å². The van der Waals surface area contributed by atoms with Crippen molar-refractivity contribution in [3.05, 3.63) is 59.3 Å². The second-order valence-electron chi connectivity index (χ2n) is 4.76. The Morgan fingerprint density at radius 3 is 2.46 bits per heavy atom. The highest BCUT2D eigenvalue weighted by atomic mass is 32.2. The van der Waals surface area contributed by atoms with E-state index >= 15 is 0 Å². The van der Waals surface area contributed by atoms with E-state index in [0.717, 1.165) is 29.6 Å².